The van der Waals surface area contributed by atoms with E-state index in [4.69, 9.17) is 4.98 Å². The van der Waals surface area contributed by atoms with Gasteiger partial charge in [0, 0.05) is 12.0 Å². The van der Waals surface area contributed by atoms with Crippen molar-refractivity contribution < 1.29 is 4.39 Å². The van der Waals surface area contributed by atoms with Crippen molar-refractivity contribution >= 4 is 0 Å². The fraction of sp³-hybridized carbons (Fsp3) is 0.214. The average molecular weight is 453 g/mol. The van der Waals surface area contributed by atoms with E-state index >= 15 is 0 Å². The number of nitriles is 1. The van der Waals surface area contributed by atoms with Gasteiger partial charge < -0.3 is 0 Å². The highest BCUT2D eigenvalue weighted by atomic mass is 19.1. The third-order valence-corrected chi connectivity index (χ3v) is 5.83. The Balaban J connectivity index is 1.74. The zero-order valence-electron chi connectivity index (χ0n) is 19.3. The van der Waals surface area contributed by atoms with Crippen molar-refractivity contribution in [1.82, 2.24) is 14.5 Å². The monoisotopic (exact) mass is 452 g/mol. The number of halogens is 1. The lowest BCUT2D eigenvalue weighted by molar-refractivity contribution is 0.619. The molecule has 2 aromatic heterocycles. The molecule has 0 aliphatic rings. The Hall–Kier alpha value is -4.11. The number of benzene rings is 2. The number of aromatic nitrogens is 3. The number of hydrogen-bond acceptors (Lipinski definition) is 4. The van der Waals surface area contributed by atoms with Crippen molar-refractivity contribution in [3.8, 4) is 23.0 Å². The van der Waals surface area contributed by atoms with Crippen LogP contribution < -0.4 is 5.56 Å². The van der Waals surface area contributed by atoms with Crippen LogP contribution in [-0.2, 0) is 12.8 Å². The molecular weight excluding hydrogens is 427 g/mol. The second-order valence-corrected chi connectivity index (χ2v) is 8.19. The van der Waals surface area contributed by atoms with Gasteiger partial charge >= 0.3 is 0 Å². The Bertz CT molecular complexity index is 1400. The van der Waals surface area contributed by atoms with E-state index in [2.05, 4.69) is 18.0 Å². The summed E-state index contributed by atoms with van der Waals surface area (Å²) in [6.07, 6.45) is 4.17. The van der Waals surface area contributed by atoms with Crippen LogP contribution >= 0.6 is 0 Å². The van der Waals surface area contributed by atoms with Gasteiger partial charge in [0.25, 0.3) is 5.56 Å². The minimum absolute atomic E-state index is 0.184. The van der Waals surface area contributed by atoms with Crippen LogP contribution in [0.25, 0.3) is 16.9 Å². The molecular formula is C28H25FN4O. The SMILES string of the molecule is CCCCc1nc(C)n(-c2ccc(F)cn2)c(=O)c1Cc1ccc(-c2ccccc2C#N)cc1. The summed E-state index contributed by atoms with van der Waals surface area (Å²) in [6.45, 7) is 3.88. The van der Waals surface area contributed by atoms with Crippen LogP contribution in [0.3, 0.4) is 0 Å². The van der Waals surface area contributed by atoms with E-state index in [0.29, 0.717) is 35.6 Å². The van der Waals surface area contributed by atoms with E-state index in [0.717, 1.165) is 41.4 Å². The van der Waals surface area contributed by atoms with E-state index in [1.807, 2.05) is 42.5 Å². The minimum Gasteiger partial charge on any atom is -0.268 e. The van der Waals surface area contributed by atoms with Gasteiger partial charge in [0.05, 0.1) is 23.5 Å². The molecule has 4 rings (SSSR count). The summed E-state index contributed by atoms with van der Waals surface area (Å²) >= 11 is 0. The van der Waals surface area contributed by atoms with Crippen molar-refractivity contribution in [2.75, 3.05) is 0 Å². The largest absolute Gasteiger partial charge is 0.268 e. The molecule has 4 aromatic rings. The van der Waals surface area contributed by atoms with Gasteiger partial charge in [-0.2, -0.15) is 5.26 Å². The number of hydrogen-bond donors (Lipinski definition) is 0. The van der Waals surface area contributed by atoms with E-state index < -0.39 is 5.82 Å². The van der Waals surface area contributed by atoms with Crippen LogP contribution in [-0.4, -0.2) is 14.5 Å². The molecule has 2 aromatic carbocycles. The highest BCUT2D eigenvalue weighted by molar-refractivity contribution is 5.70. The number of nitrogens with zero attached hydrogens (tertiary/aromatic N) is 4. The van der Waals surface area contributed by atoms with Gasteiger partial charge in [-0.05, 0) is 54.7 Å². The van der Waals surface area contributed by atoms with Crippen LogP contribution in [0.1, 0.15) is 48.0 Å². The maximum Gasteiger partial charge on any atom is 0.263 e. The molecule has 0 saturated carbocycles. The molecule has 0 radical (unpaired) electrons. The molecule has 0 unspecified atom stereocenters. The molecule has 0 bridgehead atoms. The molecule has 170 valence electrons. The quantitative estimate of drug-likeness (QED) is 0.369. The normalized spacial score (nSPS) is 10.8. The van der Waals surface area contributed by atoms with Crippen LogP contribution in [0.15, 0.2) is 71.7 Å². The highest BCUT2D eigenvalue weighted by Gasteiger charge is 2.17. The minimum atomic E-state index is -0.458. The zero-order chi connectivity index (χ0) is 24.1. The van der Waals surface area contributed by atoms with Crippen molar-refractivity contribution in [1.29, 1.82) is 5.26 Å². The molecule has 0 atom stereocenters. The fourth-order valence-electron chi connectivity index (χ4n) is 4.06. The third kappa shape index (κ3) is 4.79. The second kappa shape index (κ2) is 10.2. The van der Waals surface area contributed by atoms with Gasteiger partial charge in [0.2, 0.25) is 0 Å². The summed E-state index contributed by atoms with van der Waals surface area (Å²) in [4.78, 5) is 22.4. The predicted octanol–water partition coefficient (Wildman–Crippen LogP) is 5.55. The van der Waals surface area contributed by atoms with Crippen LogP contribution in [0.4, 0.5) is 4.39 Å². The molecule has 0 aliphatic carbocycles. The smallest absolute Gasteiger partial charge is 0.263 e. The first-order valence-electron chi connectivity index (χ1n) is 11.3. The second-order valence-electron chi connectivity index (χ2n) is 8.19. The van der Waals surface area contributed by atoms with E-state index in [1.165, 1.54) is 16.7 Å². The first-order valence-corrected chi connectivity index (χ1v) is 11.3. The number of unbranched alkanes of at least 4 members (excludes halogenated alkanes) is 1. The zero-order valence-corrected chi connectivity index (χ0v) is 19.3. The molecule has 0 spiro atoms. The summed E-state index contributed by atoms with van der Waals surface area (Å²) in [6, 6.07) is 20.4. The Morgan fingerprint density at radius 3 is 2.50 bits per heavy atom. The molecule has 0 saturated heterocycles. The topological polar surface area (TPSA) is 71.6 Å². The average Bonchev–Trinajstić information content (AvgIpc) is 2.86. The lowest BCUT2D eigenvalue weighted by Crippen LogP contribution is -2.29. The van der Waals surface area contributed by atoms with Gasteiger partial charge in [-0.25, -0.2) is 18.9 Å². The van der Waals surface area contributed by atoms with E-state index in [9.17, 15) is 14.4 Å². The summed E-state index contributed by atoms with van der Waals surface area (Å²) in [7, 11) is 0. The summed E-state index contributed by atoms with van der Waals surface area (Å²) in [5.74, 6) is 0.422. The van der Waals surface area contributed by atoms with Crippen molar-refractivity contribution in [2.24, 2.45) is 0 Å². The Labute approximate surface area is 198 Å². The highest BCUT2D eigenvalue weighted by Crippen LogP contribution is 2.24. The number of pyridine rings is 1. The predicted molar refractivity (Wildman–Crippen MR) is 130 cm³/mol. The van der Waals surface area contributed by atoms with E-state index in [-0.39, 0.29) is 5.56 Å². The van der Waals surface area contributed by atoms with Crippen molar-refractivity contribution in [3.63, 3.8) is 0 Å². The lowest BCUT2D eigenvalue weighted by Gasteiger charge is -2.15. The van der Waals surface area contributed by atoms with Gasteiger partial charge in [-0.3, -0.25) is 4.79 Å². The van der Waals surface area contributed by atoms with Crippen molar-refractivity contribution in [2.45, 2.75) is 39.5 Å². The van der Waals surface area contributed by atoms with Gasteiger partial charge in [0.1, 0.15) is 17.5 Å². The van der Waals surface area contributed by atoms with Crippen molar-refractivity contribution in [3.05, 3.63) is 111 Å². The van der Waals surface area contributed by atoms with Gasteiger partial charge in [-0.15, -0.1) is 0 Å². The summed E-state index contributed by atoms with van der Waals surface area (Å²) in [5.41, 5.74) is 4.64. The third-order valence-electron chi connectivity index (χ3n) is 5.83. The molecule has 0 fully saturated rings. The molecule has 5 nitrogen and oxygen atoms in total. The molecule has 0 amide bonds. The first kappa shape index (κ1) is 23.1. The maximum atomic E-state index is 13.6. The Kier molecular flexibility index (Phi) is 6.93. The Morgan fingerprint density at radius 2 is 1.82 bits per heavy atom. The molecule has 0 N–H and O–H groups in total. The lowest BCUT2D eigenvalue weighted by atomic mass is 9.97. The molecule has 34 heavy (non-hydrogen) atoms. The standard InChI is InChI=1S/C28H25FN4O/c1-3-4-9-26-25(28(34)33(19(2)32-26)27-15-14-23(29)18-31-27)16-20-10-12-21(13-11-20)24-8-6-5-7-22(24)17-30/h5-8,10-15,18H,3-4,9,16H2,1-2H3. The summed E-state index contributed by atoms with van der Waals surface area (Å²) in [5, 5.41) is 9.40. The first-order chi connectivity index (χ1) is 16.5. The van der Waals surface area contributed by atoms with Crippen LogP contribution in [0, 0.1) is 24.1 Å². The van der Waals surface area contributed by atoms with Gasteiger partial charge in [0.15, 0.2) is 0 Å². The molecule has 6 heteroatoms. The van der Waals surface area contributed by atoms with Gasteiger partial charge in [-0.1, -0.05) is 55.8 Å². The Morgan fingerprint density at radius 1 is 1.06 bits per heavy atom. The maximum absolute atomic E-state index is 13.6. The number of aryl methyl sites for hydroxylation is 2. The number of rotatable bonds is 7. The molecule has 0 aliphatic heterocycles. The van der Waals surface area contributed by atoms with Crippen LogP contribution in [0.5, 0.6) is 0 Å². The fourth-order valence-corrected chi connectivity index (χ4v) is 4.06. The summed E-state index contributed by atoms with van der Waals surface area (Å²) < 4.78 is 14.8. The molecule has 2 heterocycles. The van der Waals surface area contributed by atoms with Crippen LogP contribution in [0.2, 0.25) is 0 Å². The van der Waals surface area contributed by atoms with E-state index in [1.54, 1.807) is 13.0 Å².